The molecule has 0 bridgehead atoms. The molecule has 1 rings (SSSR count). The molecule has 1 aromatic carbocycles. The minimum atomic E-state index is -0.364. The van der Waals surface area contributed by atoms with Crippen LogP contribution in [-0.4, -0.2) is 19.1 Å². The predicted molar refractivity (Wildman–Crippen MR) is 59.4 cm³/mol. The van der Waals surface area contributed by atoms with Crippen LogP contribution in [0.5, 0.6) is 0 Å². The van der Waals surface area contributed by atoms with Crippen molar-refractivity contribution >= 4 is 5.97 Å². The second-order valence-electron chi connectivity index (χ2n) is 3.43. The molecule has 0 aromatic heterocycles. The number of carbonyl (C=O) groups is 1. The second kappa shape index (κ2) is 6.95. The highest BCUT2D eigenvalue weighted by Gasteiger charge is 2.05. The van der Waals surface area contributed by atoms with Crippen molar-refractivity contribution in [2.24, 2.45) is 0 Å². The van der Waals surface area contributed by atoms with E-state index in [1.54, 1.807) is 18.2 Å². The van der Waals surface area contributed by atoms with Crippen molar-refractivity contribution in [2.45, 2.75) is 20.0 Å². The fourth-order valence-corrected chi connectivity index (χ4v) is 1.19. The molecule has 0 spiro atoms. The summed E-state index contributed by atoms with van der Waals surface area (Å²) in [5.74, 6) is -0.714. The van der Waals surface area contributed by atoms with Gasteiger partial charge >= 0.3 is 5.97 Å². The molecule has 3 nitrogen and oxygen atoms in total. The van der Waals surface area contributed by atoms with Crippen LogP contribution in [0.3, 0.4) is 0 Å². The molecular weight excluding hydrogens is 209 g/mol. The van der Waals surface area contributed by atoms with E-state index in [1.165, 1.54) is 6.07 Å². The zero-order valence-corrected chi connectivity index (χ0v) is 9.33. The van der Waals surface area contributed by atoms with Crippen molar-refractivity contribution in [2.75, 3.05) is 13.1 Å². The van der Waals surface area contributed by atoms with Gasteiger partial charge in [0, 0.05) is 5.56 Å². The van der Waals surface area contributed by atoms with Gasteiger partial charge in [0.2, 0.25) is 0 Å². The maximum atomic E-state index is 13.1. The van der Waals surface area contributed by atoms with Gasteiger partial charge < -0.3 is 10.1 Å². The lowest BCUT2D eigenvalue weighted by molar-refractivity contribution is -0.143. The number of hydrogen-bond donors (Lipinski definition) is 1. The Balaban J connectivity index is 2.29. The van der Waals surface area contributed by atoms with E-state index in [4.69, 9.17) is 4.74 Å². The Morgan fingerprint density at radius 2 is 2.19 bits per heavy atom. The third kappa shape index (κ3) is 4.40. The summed E-state index contributed by atoms with van der Waals surface area (Å²) in [6, 6.07) is 6.26. The number of nitrogens with one attached hydrogen (secondary N) is 1. The Morgan fingerprint density at radius 1 is 1.44 bits per heavy atom. The third-order valence-electron chi connectivity index (χ3n) is 2.04. The van der Waals surface area contributed by atoms with Crippen LogP contribution in [0, 0.1) is 5.82 Å². The first-order valence-corrected chi connectivity index (χ1v) is 5.33. The molecule has 0 aliphatic rings. The first-order valence-electron chi connectivity index (χ1n) is 5.33. The van der Waals surface area contributed by atoms with Crippen LogP contribution in [0.2, 0.25) is 0 Å². The van der Waals surface area contributed by atoms with Crippen LogP contribution < -0.4 is 5.32 Å². The molecule has 0 saturated heterocycles. The summed E-state index contributed by atoms with van der Waals surface area (Å²) in [6.07, 6.45) is 0.959. The number of halogens is 1. The Kier molecular flexibility index (Phi) is 5.50. The Morgan fingerprint density at radius 3 is 2.88 bits per heavy atom. The van der Waals surface area contributed by atoms with E-state index in [9.17, 15) is 9.18 Å². The van der Waals surface area contributed by atoms with Crippen LogP contribution in [0.15, 0.2) is 24.3 Å². The normalized spacial score (nSPS) is 10.1. The Hall–Kier alpha value is -1.42. The number of carbonyl (C=O) groups excluding carboxylic acids is 1. The fourth-order valence-electron chi connectivity index (χ4n) is 1.19. The molecule has 0 aliphatic heterocycles. The summed E-state index contributed by atoms with van der Waals surface area (Å²) >= 11 is 0. The summed E-state index contributed by atoms with van der Waals surface area (Å²) in [6.45, 7) is 2.94. The van der Waals surface area contributed by atoms with E-state index >= 15 is 0 Å². The Labute approximate surface area is 94.6 Å². The zero-order chi connectivity index (χ0) is 11.8. The molecular formula is C12H16FNO2. The van der Waals surface area contributed by atoms with Gasteiger partial charge in [0.15, 0.2) is 0 Å². The van der Waals surface area contributed by atoms with Gasteiger partial charge in [-0.05, 0) is 19.0 Å². The molecule has 4 heteroatoms. The molecule has 88 valence electrons. The second-order valence-corrected chi connectivity index (χ2v) is 3.43. The number of benzene rings is 1. The Bertz CT molecular complexity index is 342. The molecule has 0 atom stereocenters. The summed E-state index contributed by atoms with van der Waals surface area (Å²) in [5.41, 5.74) is 0.395. The topological polar surface area (TPSA) is 38.3 Å². The third-order valence-corrected chi connectivity index (χ3v) is 2.04. The molecule has 0 radical (unpaired) electrons. The van der Waals surface area contributed by atoms with Gasteiger partial charge in [0.1, 0.15) is 12.4 Å². The van der Waals surface area contributed by atoms with Gasteiger partial charge in [0.25, 0.3) is 0 Å². The van der Waals surface area contributed by atoms with Gasteiger partial charge in [-0.1, -0.05) is 25.1 Å². The van der Waals surface area contributed by atoms with Crippen molar-refractivity contribution in [1.82, 2.24) is 5.32 Å². The quantitative estimate of drug-likeness (QED) is 0.593. The van der Waals surface area contributed by atoms with Crippen molar-refractivity contribution < 1.29 is 13.9 Å². The minimum absolute atomic E-state index is 0.0146. The van der Waals surface area contributed by atoms with Crippen LogP contribution in [0.1, 0.15) is 18.9 Å². The van der Waals surface area contributed by atoms with Crippen LogP contribution in [0.25, 0.3) is 0 Å². The van der Waals surface area contributed by atoms with Crippen molar-refractivity contribution in [3.05, 3.63) is 35.6 Å². The molecule has 1 aromatic rings. The SMILES string of the molecule is CCCNCC(=O)OCc1ccccc1F. The molecule has 0 unspecified atom stereocenters. The molecule has 0 fully saturated rings. The number of ether oxygens (including phenoxy) is 1. The van der Waals surface area contributed by atoms with Gasteiger partial charge in [-0.2, -0.15) is 0 Å². The van der Waals surface area contributed by atoms with E-state index < -0.39 is 0 Å². The maximum Gasteiger partial charge on any atom is 0.320 e. The molecule has 0 amide bonds. The summed E-state index contributed by atoms with van der Waals surface area (Å²) in [4.78, 5) is 11.2. The monoisotopic (exact) mass is 225 g/mol. The molecule has 0 saturated carbocycles. The highest BCUT2D eigenvalue weighted by atomic mass is 19.1. The lowest BCUT2D eigenvalue weighted by atomic mass is 10.2. The van der Waals surface area contributed by atoms with E-state index in [0.29, 0.717) is 5.56 Å². The lowest BCUT2D eigenvalue weighted by Gasteiger charge is -2.06. The van der Waals surface area contributed by atoms with E-state index in [1.807, 2.05) is 6.92 Å². The van der Waals surface area contributed by atoms with Crippen LogP contribution in [-0.2, 0) is 16.1 Å². The number of rotatable bonds is 6. The highest BCUT2D eigenvalue weighted by Crippen LogP contribution is 2.07. The first-order chi connectivity index (χ1) is 7.74. The van der Waals surface area contributed by atoms with Crippen LogP contribution in [0.4, 0.5) is 4.39 Å². The van der Waals surface area contributed by atoms with Crippen LogP contribution >= 0.6 is 0 Å². The van der Waals surface area contributed by atoms with E-state index in [2.05, 4.69) is 5.32 Å². The zero-order valence-electron chi connectivity index (χ0n) is 9.33. The summed E-state index contributed by atoms with van der Waals surface area (Å²) in [7, 11) is 0. The van der Waals surface area contributed by atoms with Gasteiger partial charge in [-0.3, -0.25) is 4.79 Å². The van der Waals surface area contributed by atoms with E-state index in [0.717, 1.165) is 13.0 Å². The first kappa shape index (κ1) is 12.6. The average molecular weight is 225 g/mol. The van der Waals surface area contributed by atoms with Gasteiger partial charge in [-0.15, -0.1) is 0 Å². The smallest absolute Gasteiger partial charge is 0.320 e. The van der Waals surface area contributed by atoms with Crippen molar-refractivity contribution in [3.63, 3.8) is 0 Å². The molecule has 1 N–H and O–H groups in total. The largest absolute Gasteiger partial charge is 0.460 e. The predicted octanol–water partition coefficient (Wildman–Crippen LogP) is 1.87. The summed E-state index contributed by atoms with van der Waals surface area (Å²) in [5, 5.41) is 2.92. The average Bonchev–Trinajstić information content (AvgIpc) is 2.28. The van der Waals surface area contributed by atoms with Gasteiger partial charge in [-0.25, -0.2) is 4.39 Å². The molecule has 0 aliphatic carbocycles. The van der Waals surface area contributed by atoms with Crippen molar-refractivity contribution in [1.29, 1.82) is 0 Å². The summed E-state index contributed by atoms with van der Waals surface area (Å²) < 4.78 is 18.1. The lowest BCUT2D eigenvalue weighted by Crippen LogP contribution is -2.25. The fraction of sp³-hybridized carbons (Fsp3) is 0.417. The number of esters is 1. The van der Waals surface area contributed by atoms with Crippen molar-refractivity contribution in [3.8, 4) is 0 Å². The standard InChI is InChI=1S/C12H16FNO2/c1-2-7-14-8-12(15)16-9-10-5-3-4-6-11(10)13/h3-6,14H,2,7-9H2,1H3. The highest BCUT2D eigenvalue weighted by molar-refractivity contribution is 5.71. The minimum Gasteiger partial charge on any atom is -0.460 e. The molecule has 0 heterocycles. The van der Waals surface area contributed by atoms with Gasteiger partial charge in [0.05, 0.1) is 6.54 Å². The van der Waals surface area contributed by atoms with E-state index in [-0.39, 0.29) is 24.9 Å². The number of hydrogen-bond acceptors (Lipinski definition) is 3. The maximum absolute atomic E-state index is 13.1. The molecule has 16 heavy (non-hydrogen) atoms.